The van der Waals surface area contributed by atoms with E-state index in [0.29, 0.717) is 11.1 Å². The van der Waals surface area contributed by atoms with Crippen molar-refractivity contribution in [3.05, 3.63) is 71.9 Å². The number of aromatic amines is 1. The quantitative estimate of drug-likeness (QED) is 0.0709. The molecule has 0 saturated heterocycles. The molecule has 0 fully saturated rings. The van der Waals surface area contributed by atoms with Crippen LogP contribution in [0.1, 0.15) is 78.9 Å². The molecule has 0 saturated carbocycles. The Balaban J connectivity index is 1.83. The molecule has 0 radical (unpaired) electrons. The number of benzene rings is 2. The molecule has 332 valence electrons. The second-order valence-electron chi connectivity index (χ2n) is 16.7. The van der Waals surface area contributed by atoms with Crippen molar-refractivity contribution in [2.45, 2.75) is 116 Å². The van der Waals surface area contributed by atoms with Crippen molar-refractivity contribution in [3.8, 4) is 0 Å². The third-order valence-electron chi connectivity index (χ3n) is 9.18. The molecule has 2 aromatic carbocycles. The number of carboxylic acid groups (broad SMARTS) is 1. The number of rotatable bonds is 22. The Morgan fingerprint density at radius 3 is 1.80 bits per heavy atom. The summed E-state index contributed by atoms with van der Waals surface area (Å²) in [6.45, 7) is 11.8. The number of hydrogen-bond donors (Lipinski definition) is 9. The van der Waals surface area contributed by atoms with E-state index >= 15 is 0 Å². The first-order valence-electron chi connectivity index (χ1n) is 20.2. The summed E-state index contributed by atoms with van der Waals surface area (Å²) in [6.07, 6.45) is 0.267. The van der Waals surface area contributed by atoms with Gasteiger partial charge < -0.3 is 52.5 Å². The number of hydrogen-bond acceptors (Lipinski definition) is 9. The van der Waals surface area contributed by atoms with Crippen molar-refractivity contribution in [2.75, 3.05) is 6.54 Å². The molecule has 3 aromatic rings. The molecule has 0 unspecified atom stereocenters. The number of para-hydroxylation sites is 1. The van der Waals surface area contributed by atoms with E-state index in [-0.39, 0.29) is 37.5 Å². The van der Waals surface area contributed by atoms with Crippen molar-refractivity contribution in [2.24, 2.45) is 17.6 Å². The minimum absolute atomic E-state index is 0.0103. The van der Waals surface area contributed by atoms with Crippen LogP contribution in [0.15, 0.2) is 60.8 Å². The van der Waals surface area contributed by atoms with Crippen LogP contribution >= 0.6 is 0 Å². The van der Waals surface area contributed by atoms with E-state index < -0.39 is 96.3 Å². The van der Waals surface area contributed by atoms with Crippen LogP contribution in [-0.4, -0.2) is 100.0 Å². The van der Waals surface area contributed by atoms with Crippen LogP contribution < -0.4 is 37.6 Å². The Kier molecular flexibility index (Phi) is 18.3. The van der Waals surface area contributed by atoms with E-state index in [1.165, 1.54) is 0 Å². The van der Waals surface area contributed by atoms with Crippen LogP contribution in [0.2, 0.25) is 0 Å². The summed E-state index contributed by atoms with van der Waals surface area (Å²) in [7, 11) is 0. The van der Waals surface area contributed by atoms with Gasteiger partial charge in [0.2, 0.25) is 35.4 Å². The van der Waals surface area contributed by atoms with E-state index in [1.807, 2.05) is 38.1 Å². The average molecular weight is 849 g/mol. The van der Waals surface area contributed by atoms with Gasteiger partial charge in [0.05, 0.1) is 13.0 Å². The van der Waals surface area contributed by atoms with Crippen LogP contribution in [0.4, 0.5) is 4.79 Å². The van der Waals surface area contributed by atoms with E-state index in [9.17, 15) is 43.5 Å². The molecular formula is C43H60N8O10. The highest BCUT2D eigenvalue weighted by atomic mass is 16.6. The van der Waals surface area contributed by atoms with E-state index in [2.05, 4.69) is 36.9 Å². The lowest BCUT2D eigenvalue weighted by molar-refractivity contribution is -0.141. The van der Waals surface area contributed by atoms with Crippen LogP contribution in [0.25, 0.3) is 10.9 Å². The van der Waals surface area contributed by atoms with E-state index in [4.69, 9.17) is 10.5 Å². The Bertz CT molecular complexity index is 2010. The molecule has 0 aliphatic rings. The van der Waals surface area contributed by atoms with Gasteiger partial charge in [-0.15, -0.1) is 0 Å². The Labute approximate surface area is 355 Å². The summed E-state index contributed by atoms with van der Waals surface area (Å²) in [4.78, 5) is 108. The number of carbonyl (C=O) groups excluding carboxylic acids is 7. The number of carbonyl (C=O) groups is 8. The maximum absolute atomic E-state index is 14.1. The van der Waals surface area contributed by atoms with Gasteiger partial charge in [0.15, 0.2) is 0 Å². The topological polar surface area (TPSA) is 280 Å². The minimum atomic E-state index is -1.66. The van der Waals surface area contributed by atoms with E-state index in [1.54, 1.807) is 71.1 Å². The summed E-state index contributed by atoms with van der Waals surface area (Å²) in [5, 5.41) is 25.7. The Morgan fingerprint density at radius 1 is 0.672 bits per heavy atom. The summed E-state index contributed by atoms with van der Waals surface area (Å²) in [5.41, 5.74) is 6.84. The summed E-state index contributed by atoms with van der Waals surface area (Å²) >= 11 is 0. The molecule has 10 N–H and O–H groups in total. The zero-order chi connectivity index (χ0) is 45.4. The number of amides is 7. The minimum Gasteiger partial charge on any atom is -0.481 e. The van der Waals surface area contributed by atoms with Crippen LogP contribution in [0.5, 0.6) is 0 Å². The van der Waals surface area contributed by atoms with Crippen LogP contribution in [0, 0.1) is 11.8 Å². The van der Waals surface area contributed by atoms with Crippen molar-refractivity contribution in [1.29, 1.82) is 0 Å². The van der Waals surface area contributed by atoms with Gasteiger partial charge in [-0.25, -0.2) is 4.79 Å². The zero-order valence-corrected chi connectivity index (χ0v) is 35.8. The normalized spacial score (nSPS) is 13.9. The van der Waals surface area contributed by atoms with Gasteiger partial charge in [-0.3, -0.25) is 33.6 Å². The number of alkyl carbamates (subject to hydrolysis) is 1. The number of aliphatic carboxylic acids is 1. The average Bonchev–Trinajstić information content (AvgIpc) is 3.57. The molecule has 7 amide bonds. The van der Waals surface area contributed by atoms with Gasteiger partial charge in [-0.2, -0.15) is 0 Å². The lowest BCUT2D eigenvalue weighted by Gasteiger charge is -2.27. The summed E-state index contributed by atoms with van der Waals surface area (Å²) in [6, 6.07) is 9.44. The van der Waals surface area contributed by atoms with Crippen LogP contribution in [0.3, 0.4) is 0 Å². The molecular weight excluding hydrogens is 789 g/mol. The molecule has 0 aliphatic heterocycles. The highest BCUT2D eigenvalue weighted by Gasteiger charge is 2.33. The largest absolute Gasteiger partial charge is 0.481 e. The maximum Gasteiger partial charge on any atom is 0.408 e. The fourth-order valence-corrected chi connectivity index (χ4v) is 6.39. The third kappa shape index (κ3) is 17.0. The van der Waals surface area contributed by atoms with Crippen molar-refractivity contribution < 1.29 is 48.2 Å². The first kappa shape index (κ1) is 48.9. The lowest BCUT2D eigenvalue weighted by atomic mass is 10.00. The second kappa shape index (κ2) is 22.8. The molecule has 5 atom stereocenters. The molecule has 1 heterocycles. The number of nitrogens with one attached hydrogen (secondary N) is 7. The van der Waals surface area contributed by atoms with Crippen molar-refractivity contribution in [3.63, 3.8) is 0 Å². The second-order valence-corrected chi connectivity index (χ2v) is 16.7. The molecule has 18 heteroatoms. The molecule has 61 heavy (non-hydrogen) atoms. The Morgan fingerprint density at radius 2 is 1.21 bits per heavy atom. The number of H-pyrrole nitrogens is 1. The molecule has 1 aromatic heterocycles. The molecule has 3 rings (SSSR count). The standard InChI is InChI=1S/C43H60N8O10/c1-24(2)17-31(51-42(60)61-43(5,6)7)38(56)46-23-35(52)47-33(20-27-22-45-29-16-12-11-15-28(27)29)40(58)49-32(18-25(3)4)39(57)50-34(21-36(53)54)41(59)48-30(37(44)55)19-26-13-9-8-10-14-26/h8-16,22,24-25,30-34,45H,17-21,23H2,1-7H3,(H2,44,55)(H,46,56)(H,47,52)(H,48,59)(H,49,58)(H,50,57)(H,51,60)(H,53,54)/t30-,31-,32-,33-,34-/m0/s1. The highest BCUT2D eigenvalue weighted by Crippen LogP contribution is 2.20. The number of nitrogens with two attached hydrogens (primary N) is 1. The molecule has 0 bridgehead atoms. The predicted molar refractivity (Wildman–Crippen MR) is 226 cm³/mol. The summed E-state index contributed by atoms with van der Waals surface area (Å²) in [5.74, 6) is -6.57. The molecule has 0 aliphatic carbocycles. The molecule has 18 nitrogen and oxygen atoms in total. The number of fused-ring (bicyclic) bond motifs is 1. The zero-order valence-electron chi connectivity index (χ0n) is 35.8. The Hall–Kier alpha value is -6.46. The fraction of sp³-hybridized carbons (Fsp3) is 0.488. The van der Waals surface area contributed by atoms with Crippen molar-refractivity contribution >= 4 is 58.4 Å². The van der Waals surface area contributed by atoms with Crippen molar-refractivity contribution in [1.82, 2.24) is 36.9 Å². The number of carboxylic acids is 1. The van der Waals surface area contributed by atoms with E-state index in [0.717, 1.165) is 10.9 Å². The van der Waals surface area contributed by atoms with Gasteiger partial charge in [-0.1, -0.05) is 76.2 Å². The van der Waals surface area contributed by atoms with Gasteiger partial charge in [0.25, 0.3) is 0 Å². The predicted octanol–water partition coefficient (Wildman–Crippen LogP) is 1.95. The third-order valence-corrected chi connectivity index (χ3v) is 9.18. The number of ether oxygens (including phenoxy) is 1. The van der Waals surface area contributed by atoms with Gasteiger partial charge in [0.1, 0.15) is 35.8 Å². The monoisotopic (exact) mass is 848 g/mol. The number of aromatic nitrogens is 1. The highest BCUT2D eigenvalue weighted by molar-refractivity contribution is 5.97. The molecule has 0 spiro atoms. The fourth-order valence-electron chi connectivity index (χ4n) is 6.39. The smallest absolute Gasteiger partial charge is 0.408 e. The lowest BCUT2D eigenvalue weighted by Crippen LogP contribution is -2.59. The first-order chi connectivity index (χ1) is 28.6. The van der Waals surface area contributed by atoms with Gasteiger partial charge in [-0.05, 0) is 62.6 Å². The number of primary amides is 1. The SMILES string of the molecule is CC(C)C[C@H](NC(=O)OC(C)(C)C)C(=O)NCC(=O)N[C@@H](Cc1c[nH]c2ccccc12)C(=O)N[C@@H](CC(C)C)C(=O)N[C@@H](CC(=O)O)C(=O)N[C@@H](Cc1ccccc1)C(N)=O. The first-order valence-corrected chi connectivity index (χ1v) is 20.2. The summed E-state index contributed by atoms with van der Waals surface area (Å²) < 4.78 is 5.30. The maximum atomic E-state index is 14.1. The van der Waals surface area contributed by atoms with Gasteiger partial charge in [0, 0.05) is 29.9 Å². The van der Waals surface area contributed by atoms with Crippen LogP contribution in [-0.2, 0) is 51.1 Å². The van der Waals surface area contributed by atoms with Gasteiger partial charge >= 0.3 is 12.1 Å².